The second-order valence-corrected chi connectivity index (χ2v) is 5.94. The fourth-order valence-corrected chi connectivity index (χ4v) is 2.65. The number of hydrogen-bond acceptors (Lipinski definition) is 3. The fraction of sp³-hybridized carbons (Fsp3) is 0.125. The lowest BCUT2D eigenvalue weighted by Gasteiger charge is -2.10. The largest absolute Gasteiger partial charge is 0.495 e. The molecule has 0 unspecified atom stereocenters. The van der Waals surface area contributed by atoms with Crippen LogP contribution in [0.4, 0.5) is 11.4 Å². The summed E-state index contributed by atoms with van der Waals surface area (Å²) in [6, 6.07) is 9.58. The number of anilines is 2. The highest BCUT2D eigenvalue weighted by atomic mass is 35.5. The molecule has 0 spiro atoms. The van der Waals surface area contributed by atoms with E-state index in [1.165, 1.54) is 13.2 Å². The molecule has 0 aliphatic carbocycles. The van der Waals surface area contributed by atoms with Crippen LogP contribution in [0.3, 0.4) is 0 Å². The first-order valence-corrected chi connectivity index (χ1v) is 7.91. The van der Waals surface area contributed by atoms with Crippen molar-refractivity contribution in [3.05, 3.63) is 51.5 Å². The molecule has 2 aromatic carbocycles. The monoisotopic (exact) mass is 386 g/mol. The molecular formula is C16H13Cl3N2O3. The number of methoxy groups -OCH3 is 1. The Bertz CT molecular complexity index is 761. The van der Waals surface area contributed by atoms with Gasteiger partial charge in [0.25, 0.3) is 0 Å². The average molecular weight is 388 g/mol. The molecular weight excluding hydrogens is 375 g/mol. The van der Waals surface area contributed by atoms with Crippen LogP contribution in [-0.4, -0.2) is 18.9 Å². The summed E-state index contributed by atoms with van der Waals surface area (Å²) in [5.74, 6) is -0.556. The van der Waals surface area contributed by atoms with E-state index in [2.05, 4.69) is 10.6 Å². The molecule has 2 rings (SSSR count). The molecule has 0 aromatic heterocycles. The highest BCUT2D eigenvalue weighted by molar-refractivity contribution is 6.39. The Morgan fingerprint density at radius 3 is 2.17 bits per heavy atom. The van der Waals surface area contributed by atoms with Crippen molar-refractivity contribution < 1.29 is 14.3 Å². The molecule has 2 aromatic rings. The standard InChI is InChI=1S/C16H13Cl3N2O3/c1-24-13-6-5-9(7-12(13)19)20-14(22)8-15(23)21-16-10(17)3-2-4-11(16)18/h2-7H,8H2,1H3,(H,20,22)(H,21,23). The summed E-state index contributed by atoms with van der Waals surface area (Å²) in [5, 5.41) is 6.02. The number of para-hydroxylation sites is 1. The summed E-state index contributed by atoms with van der Waals surface area (Å²) >= 11 is 17.9. The molecule has 0 radical (unpaired) electrons. The molecule has 2 N–H and O–H groups in total. The van der Waals surface area contributed by atoms with Crippen LogP contribution in [0.15, 0.2) is 36.4 Å². The van der Waals surface area contributed by atoms with E-state index in [4.69, 9.17) is 39.5 Å². The van der Waals surface area contributed by atoms with Crippen molar-refractivity contribution in [3.63, 3.8) is 0 Å². The fourth-order valence-electron chi connectivity index (χ4n) is 1.90. The summed E-state index contributed by atoms with van der Waals surface area (Å²) in [6.07, 6.45) is -0.398. The molecule has 0 heterocycles. The van der Waals surface area contributed by atoms with E-state index in [9.17, 15) is 9.59 Å². The number of hydrogen-bond donors (Lipinski definition) is 2. The summed E-state index contributed by atoms with van der Waals surface area (Å²) < 4.78 is 5.02. The van der Waals surface area contributed by atoms with Gasteiger partial charge in [0.2, 0.25) is 11.8 Å². The van der Waals surface area contributed by atoms with E-state index >= 15 is 0 Å². The van der Waals surface area contributed by atoms with E-state index in [0.717, 1.165) is 0 Å². The van der Waals surface area contributed by atoms with Gasteiger partial charge in [-0.25, -0.2) is 0 Å². The van der Waals surface area contributed by atoms with Crippen LogP contribution in [0.2, 0.25) is 15.1 Å². The van der Waals surface area contributed by atoms with Crippen molar-refractivity contribution >= 4 is 58.0 Å². The van der Waals surface area contributed by atoms with Crippen molar-refractivity contribution in [3.8, 4) is 5.75 Å². The van der Waals surface area contributed by atoms with Gasteiger partial charge < -0.3 is 15.4 Å². The minimum atomic E-state index is -0.540. The molecule has 8 heteroatoms. The van der Waals surface area contributed by atoms with Crippen LogP contribution >= 0.6 is 34.8 Å². The van der Waals surface area contributed by atoms with E-state index < -0.39 is 18.2 Å². The van der Waals surface area contributed by atoms with E-state index in [0.29, 0.717) is 16.5 Å². The molecule has 5 nitrogen and oxygen atoms in total. The Kier molecular flexibility index (Phi) is 6.31. The summed E-state index contributed by atoms with van der Waals surface area (Å²) in [6.45, 7) is 0. The van der Waals surface area contributed by atoms with E-state index in [1.54, 1.807) is 30.3 Å². The van der Waals surface area contributed by atoms with Crippen molar-refractivity contribution in [1.82, 2.24) is 0 Å². The average Bonchev–Trinajstić information content (AvgIpc) is 2.51. The zero-order valence-electron chi connectivity index (χ0n) is 12.5. The summed E-state index contributed by atoms with van der Waals surface area (Å²) in [7, 11) is 1.49. The maximum Gasteiger partial charge on any atom is 0.233 e. The number of carbonyl (C=O) groups excluding carboxylic acids is 2. The third-order valence-corrected chi connectivity index (χ3v) is 3.91. The van der Waals surface area contributed by atoms with Gasteiger partial charge in [0.05, 0.1) is 27.9 Å². The molecule has 0 aliphatic rings. The molecule has 0 atom stereocenters. The zero-order chi connectivity index (χ0) is 17.7. The zero-order valence-corrected chi connectivity index (χ0v) is 14.8. The highest BCUT2D eigenvalue weighted by Crippen LogP contribution is 2.30. The normalized spacial score (nSPS) is 10.2. The lowest BCUT2D eigenvalue weighted by atomic mass is 10.2. The van der Waals surface area contributed by atoms with E-state index in [-0.39, 0.29) is 15.7 Å². The second-order valence-electron chi connectivity index (χ2n) is 4.72. The first-order valence-electron chi connectivity index (χ1n) is 6.78. The number of rotatable bonds is 5. The highest BCUT2D eigenvalue weighted by Gasteiger charge is 2.14. The number of amides is 2. The lowest BCUT2D eigenvalue weighted by Crippen LogP contribution is -2.21. The van der Waals surface area contributed by atoms with Crippen LogP contribution in [0.25, 0.3) is 0 Å². The topological polar surface area (TPSA) is 67.4 Å². The SMILES string of the molecule is COc1ccc(NC(=O)CC(=O)Nc2c(Cl)cccc2Cl)cc1Cl. The van der Waals surface area contributed by atoms with Crippen molar-refractivity contribution in [2.75, 3.05) is 17.7 Å². The van der Waals surface area contributed by atoms with Crippen LogP contribution in [0.1, 0.15) is 6.42 Å². The van der Waals surface area contributed by atoms with Gasteiger partial charge >= 0.3 is 0 Å². The molecule has 0 aliphatic heterocycles. The first-order chi connectivity index (χ1) is 11.4. The molecule has 126 valence electrons. The van der Waals surface area contributed by atoms with Gasteiger partial charge in [-0.1, -0.05) is 40.9 Å². The maximum absolute atomic E-state index is 11.9. The van der Waals surface area contributed by atoms with Crippen LogP contribution in [0.5, 0.6) is 5.75 Å². The van der Waals surface area contributed by atoms with Gasteiger partial charge in [-0.2, -0.15) is 0 Å². The van der Waals surface area contributed by atoms with Crippen molar-refractivity contribution in [2.45, 2.75) is 6.42 Å². The third-order valence-electron chi connectivity index (χ3n) is 2.98. The van der Waals surface area contributed by atoms with Gasteiger partial charge in [0, 0.05) is 5.69 Å². The minimum absolute atomic E-state index is 0.270. The van der Waals surface area contributed by atoms with Gasteiger partial charge in [-0.05, 0) is 30.3 Å². The molecule has 24 heavy (non-hydrogen) atoms. The Labute approximate surface area is 153 Å². The number of nitrogens with one attached hydrogen (secondary N) is 2. The summed E-state index contributed by atoms with van der Waals surface area (Å²) in [5.41, 5.74) is 0.723. The van der Waals surface area contributed by atoms with Crippen molar-refractivity contribution in [2.24, 2.45) is 0 Å². The Morgan fingerprint density at radius 1 is 0.958 bits per heavy atom. The van der Waals surface area contributed by atoms with Gasteiger partial charge in [0.15, 0.2) is 0 Å². The number of ether oxygens (including phenoxy) is 1. The molecule has 0 bridgehead atoms. The predicted octanol–water partition coefficient (Wildman–Crippen LogP) is 4.62. The number of benzene rings is 2. The van der Waals surface area contributed by atoms with Crippen LogP contribution in [0, 0.1) is 0 Å². The minimum Gasteiger partial charge on any atom is -0.495 e. The van der Waals surface area contributed by atoms with Gasteiger partial charge in [-0.3, -0.25) is 9.59 Å². The third kappa shape index (κ3) is 4.77. The lowest BCUT2D eigenvalue weighted by molar-refractivity contribution is -0.123. The Hall–Kier alpha value is -1.95. The quantitative estimate of drug-likeness (QED) is 0.735. The maximum atomic E-state index is 11.9. The van der Waals surface area contributed by atoms with Crippen molar-refractivity contribution in [1.29, 1.82) is 0 Å². The molecule has 0 saturated heterocycles. The second kappa shape index (κ2) is 8.24. The molecule has 0 fully saturated rings. The molecule has 2 amide bonds. The predicted molar refractivity (Wildman–Crippen MR) is 96.3 cm³/mol. The number of halogens is 3. The first kappa shape index (κ1) is 18.4. The Morgan fingerprint density at radius 2 is 1.58 bits per heavy atom. The van der Waals surface area contributed by atoms with Crippen LogP contribution < -0.4 is 15.4 Å². The van der Waals surface area contributed by atoms with Gasteiger partial charge in [-0.15, -0.1) is 0 Å². The summed E-state index contributed by atoms with van der Waals surface area (Å²) in [4.78, 5) is 23.9. The smallest absolute Gasteiger partial charge is 0.233 e. The molecule has 0 saturated carbocycles. The van der Waals surface area contributed by atoms with Crippen LogP contribution in [-0.2, 0) is 9.59 Å². The number of carbonyl (C=O) groups is 2. The Balaban J connectivity index is 1.97. The van der Waals surface area contributed by atoms with E-state index in [1.807, 2.05) is 0 Å². The van der Waals surface area contributed by atoms with Gasteiger partial charge in [0.1, 0.15) is 12.2 Å².